The van der Waals surface area contributed by atoms with Gasteiger partial charge in [-0.25, -0.2) is 0 Å². The molecule has 190 valence electrons. The second kappa shape index (κ2) is 9.79. The molecule has 4 aromatic rings. The summed E-state index contributed by atoms with van der Waals surface area (Å²) in [5, 5.41) is 12.9. The van der Waals surface area contributed by atoms with E-state index in [2.05, 4.69) is 32.2 Å². The summed E-state index contributed by atoms with van der Waals surface area (Å²) in [6.45, 7) is 4.37. The van der Waals surface area contributed by atoms with Crippen molar-refractivity contribution in [1.82, 2.24) is 34.8 Å². The Balaban J connectivity index is 1.38. The van der Waals surface area contributed by atoms with Crippen LogP contribution in [-0.2, 0) is 18.4 Å². The number of likely N-dealkylation sites (N-methyl/N-ethyl adjacent to an activating group) is 1. The first-order chi connectivity index (χ1) is 18.1. The van der Waals surface area contributed by atoms with Gasteiger partial charge in [-0.05, 0) is 43.5 Å². The van der Waals surface area contributed by atoms with Gasteiger partial charge in [-0.3, -0.25) is 19.6 Å². The second-order valence-electron chi connectivity index (χ2n) is 9.43. The van der Waals surface area contributed by atoms with E-state index in [0.29, 0.717) is 31.1 Å². The monoisotopic (exact) mass is 499 g/mol. The third-order valence-electron chi connectivity index (χ3n) is 7.01. The van der Waals surface area contributed by atoms with Gasteiger partial charge in [-0.2, -0.15) is 10.2 Å². The third-order valence-corrected chi connectivity index (χ3v) is 7.01. The van der Waals surface area contributed by atoms with Gasteiger partial charge >= 0.3 is 0 Å². The number of ether oxygens (including phenoxy) is 2. The lowest BCUT2D eigenvalue weighted by Crippen LogP contribution is -2.47. The Bertz CT molecular complexity index is 1480. The number of aryl methyl sites for hydroxylation is 1. The number of carbonyl (C=O) groups excluding carboxylic acids is 1. The van der Waals surface area contributed by atoms with Crippen LogP contribution in [0.1, 0.15) is 27.3 Å². The summed E-state index contributed by atoms with van der Waals surface area (Å²) in [5.41, 5.74) is 5.74. The lowest BCUT2D eigenvalue weighted by Gasteiger charge is -2.32. The zero-order valence-electron chi connectivity index (χ0n) is 21.0. The highest BCUT2D eigenvalue weighted by Gasteiger charge is 2.21. The summed E-state index contributed by atoms with van der Waals surface area (Å²) in [4.78, 5) is 22.0. The van der Waals surface area contributed by atoms with Crippen LogP contribution in [0.5, 0.6) is 5.75 Å². The minimum atomic E-state index is 0.0378. The van der Waals surface area contributed by atoms with Gasteiger partial charge in [0.1, 0.15) is 12.4 Å². The van der Waals surface area contributed by atoms with E-state index >= 15 is 0 Å². The number of nitrogens with zero attached hydrogens (tertiary/aromatic N) is 6. The van der Waals surface area contributed by atoms with Gasteiger partial charge in [0.15, 0.2) is 0 Å². The number of carbonyl (C=O) groups is 1. The quantitative estimate of drug-likeness (QED) is 0.430. The summed E-state index contributed by atoms with van der Waals surface area (Å²) in [6.07, 6.45) is 7.48. The Kier molecular flexibility index (Phi) is 6.19. The maximum absolute atomic E-state index is 13.2. The molecule has 0 saturated carbocycles. The van der Waals surface area contributed by atoms with E-state index in [4.69, 9.17) is 9.47 Å². The molecule has 5 heterocycles. The fraction of sp³-hybridized carbons (Fsp3) is 0.333. The lowest BCUT2D eigenvalue weighted by atomic mass is 10.1. The molecule has 3 aromatic heterocycles. The molecular formula is C27H29N7O3. The SMILES string of the molecule is CN1CCN(C(=O)c2ccc3c(c2)/C=C/c2n[nH]c4cnc(cc24)-c2cnn(C)c2COCCO3)CC1. The van der Waals surface area contributed by atoms with Gasteiger partial charge in [0.25, 0.3) is 5.91 Å². The number of hydrogen-bond donors (Lipinski definition) is 1. The zero-order chi connectivity index (χ0) is 25.4. The number of nitrogens with one attached hydrogen (secondary N) is 1. The normalized spacial score (nSPS) is 17.5. The molecule has 0 spiro atoms. The van der Waals surface area contributed by atoms with Gasteiger partial charge in [0.05, 0.1) is 48.2 Å². The van der Waals surface area contributed by atoms with Gasteiger partial charge in [-0.15, -0.1) is 0 Å². The molecule has 0 aliphatic carbocycles. The molecule has 1 fully saturated rings. The molecule has 10 heteroatoms. The first-order valence-corrected chi connectivity index (χ1v) is 12.4. The Labute approximate surface area is 214 Å². The van der Waals surface area contributed by atoms with Crippen LogP contribution in [0.2, 0.25) is 0 Å². The Hall–Kier alpha value is -4.02. The van der Waals surface area contributed by atoms with Crippen molar-refractivity contribution in [3.05, 3.63) is 59.2 Å². The predicted molar refractivity (Wildman–Crippen MR) is 140 cm³/mol. The maximum Gasteiger partial charge on any atom is 0.253 e. The number of pyridine rings is 1. The first kappa shape index (κ1) is 23.4. The van der Waals surface area contributed by atoms with Crippen molar-refractivity contribution in [1.29, 1.82) is 0 Å². The number of H-pyrrole nitrogens is 1. The number of aromatic amines is 1. The first-order valence-electron chi connectivity index (χ1n) is 12.4. The number of hydrogen-bond acceptors (Lipinski definition) is 7. The molecule has 10 nitrogen and oxygen atoms in total. The highest BCUT2D eigenvalue weighted by atomic mass is 16.5. The molecular weight excluding hydrogens is 470 g/mol. The highest BCUT2D eigenvalue weighted by Crippen LogP contribution is 2.29. The van der Waals surface area contributed by atoms with Gasteiger partial charge in [0, 0.05) is 55.3 Å². The molecule has 0 unspecified atom stereocenters. The van der Waals surface area contributed by atoms with Crippen LogP contribution in [0.4, 0.5) is 0 Å². The van der Waals surface area contributed by atoms with E-state index in [9.17, 15) is 4.79 Å². The van der Waals surface area contributed by atoms with Gasteiger partial charge in [-0.1, -0.05) is 0 Å². The summed E-state index contributed by atoms with van der Waals surface area (Å²) >= 11 is 0. The Morgan fingerprint density at radius 3 is 2.76 bits per heavy atom. The van der Waals surface area contributed by atoms with Crippen molar-refractivity contribution < 1.29 is 14.3 Å². The molecule has 6 rings (SSSR count). The number of amides is 1. The van der Waals surface area contributed by atoms with Crippen LogP contribution in [0.3, 0.4) is 0 Å². The molecule has 2 bridgehead atoms. The fourth-order valence-corrected chi connectivity index (χ4v) is 4.74. The van der Waals surface area contributed by atoms with E-state index in [1.165, 1.54) is 0 Å². The van der Waals surface area contributed by atoms with Crippen LogP contribution >= 0.6 is 0 Å². The number of fused-ring (bicyclic) bond motifs is 4. The number of aromatic nitrogens is 5. The van der Waals surface area contributed by atoms with Gasteiger partial charge < -0.3 is 19.3 Å². The largest absolute Gasteiger partial charge is 0.491 e. The second-order valence-corrected chi connectivity index (χ2v) is 9.43. The Morgan fingerprint density at radius 2 is 1.89 bits per heavy atom. The maximum atomic E-state index is 13.2. The van der Waals surface area contributed by atoms with Crippen LogP contribution in [0, 0.1) is 0 Å². The van der Waals surface area contributed by atoms with Crippen LogP contribution in [0.15, 0.2) is 36.7 Å². The number of piperazine rings is 1. The number of benzene rings is 1. The molecule has 2 aliphatic heterocycles. The predicted octanol–water partition coefficient (Wildman–Crippen LogP) is 2.83. The van der Waals surface area contributed by atoms with Crippen molar-refractivity contribution in [3.63, 3.8) is 0 Å². The number of rotatable bonds is 1. The van der Waals surface area contributed by atoms with Crippen molar-refractivity contribution >= 4 is 29.0 Å². The molecule has 2 aliphatic rings. The average Bonchev–Trinajstić information content (AvgIpc) is 3.49. The molecule has 0 atom stereocenters. The van der Waals surface area contributed by atoms with E-state index in [1.54, 1.807) is 6.20 Å². The van der Waals surface area contributed by atoms with Crippen LogP contribution in [-0.4, -0.2) is 87.1 Å². The molecule has 1 aromatic carbocycles. The minimum Gasteiger partial charge on any atom is -0.491 e. The summed E-state index contributed by atoms with van der Waals surface area (Å²) in [6, 6.07) is 7.62. The summed E-state index contributed by atoms with van der Waals surface area (Å²) in [7, 11) is 3.98. The summed E-state index contributed by atoms with van der Waals surface area (Å²) in [5.74, 6) is 0.726. The topological polar surface area (TPSA) is 101 Å². The van der Waals surface area contributed by atoms with E-state index in [1.807, 2.05) is 59.2 Å². The van der Waals surface area contributed by atoms with E-state index in [0.717, 1.165) is 65.3 Å². The average molecular weight is 500 g/mol. The molecule has 0 radical (unpaired) electrons. The van der Waals surface area contributed by atoms with E-state index < -0.39 is 0 Å². The zero-order valence-corrected chi connectivity index (χ0v) is 21.0. The summed E-state index contributed by atoms with van der Waals surface area (Å²) < 4.78 is 13.8. The van der Waals surface area contributed by atoms with Crippen LogP contribution in [0.25, 0.3) is 34.3 Å². The molecule has 1 N–H and O–H groups in total. The fourth-order valence-electron chi connectivity index (χ4n) is 4.74. The Morgan fingerprint density at radius 1 is 1.03 bits per heavy atom. The van der Waals surface area contributed by atoms with Crippen LogP contribution < -0.4 is 4.74 Å². The van der Waals surface area contributed by atoms with Crippen molar-refractivity contribution in [2.45, 2.75) is 6.61 Å². The lowest BCUT2D eigenvalue weighted by molar-refractivity contribution is 0.0663. The molecule has 37 heavy (non-hydrogen) atoms. The van der Waals surface area contributed by atoms with Crippen molar-refractivity contribution in [3.8, 4) is 17.0 Å². The standard InChI is InChI=1S/C27H29N7O3/c1-32-7-9-34(10-8-32)27(35)19-4-6-26-18(13-19)3-5-22-20-14-23(28-16-24(20)31-30-22)21-15-29-33(2)25(21)17-36-11-12-37-26/h3-6,13-16H,7-12,17H2,1-2H3,(H,30,31)/b5-3+. The van der Waals surface area contributed by atoms with E-state index in [-0.39, 0.29) is 5.91 Å². The van der Waals surface area contributed by atoms with Crippen molar-refractivity contribution in [2.24, 2.45) is 7.05 Å². The van der Waals surface area contributed by atoms with Gasteiger partial charge in [0.2, 0.25) is 0 Å². The highest BCUT2D eigenvalue weighted by molar-refractivity contribution is 5.96. The van der Waals surface area contributed by atoms with Crippen molar-refractivity contribution in [2.75, 3.05) is 46.4 Å². The smallest absolute Gasteiger partial charge is 0.253 e. The molecule has 1 saturated heterocycles. The minimum absolute atomic E-state index is 0.0378. The third kappa shape index (κ3) is 4.61. The molecule has 1 amide bonds.